The molecule has 4 aliphatic heterocycles. The normalized spacial score (nSPS) is 26.7. The van der Waals surface area contributed by atoms with Crippen molar-refractivity contribution in [1.82, 2.24) is 14.8 Å². The van der Waals surface area contributed by atoms with Gasteiger partial charge in [-0.05, 0) is 43.5 Å². The number of pyridine rings is 1. The van der Waals surface area contributed by atoms with Crippen molar-refractivity contribution in [2.75, 3.05) is 29.5 Å². The first-order valence-electron chi connectivity index (χ1n) is 13.3. The van der Waals surface area contributed by atoms with Crippen LogP contribution >= 0.6 is 0 Å². The van der Waals surface area contributed by atoms with Gasteiger partial charge in [0.1, 0.15) is 17.3 Å². The van der Waals surface area contributed by atoms with Gasteiger partial charge in [0.2, 0.25) is 0 Å². The number of aromatic nitrogens is 1. The van der Waals surface area contributed by atoms with E-state index in [9.17, 15) is 13.0 Å². The van der Waals surface area contributed by atoms with Gasteiger partial charge in [0.25, 0.3) is 6.43 Å². The van der Waals surface area contributed by atoms with E-state index >= 15 is 4.39 Å². The molecule has 0 saturated carbocycles. The molecule has 3 saturated heterocycles. The fourth-order valence-electron chi connectivity index (χ4n) is 6.21. The van der Waals surface area contributed by atoms with Crippen LogP contribution in [0, 0.1) is 5.82 Å². The number of likely N-dealkylation sites (tertiary alicyclic amines) is 2. The Morgan fingerprint density at radius 3 is 2.51 bits per heavy atom. The number of fused-ring (bicyclic) bond motifs is 2. The van der Waals surface area contributed by atoms with Crippen LogP contribution in [0.25, 0.3) is 0 Å². The minimum atomic E-state index is -2.63. The van der Waals surface area contributed by atoms with Gasteiger partial charge in [-0.2, -0.15) is 10.2 Å². The number of nitrogens with zero attached hydrogens (tertiary/aromatic N) is 6. The van der Waals surface area contributed by atoms with E-state index in [2.05, 4.69) is 31.6 Å². The monoisotopic (exact) mass is 556 g/mol. The largest absolute Gasteiger partial charge is 0.353 e. The summed E-state index contributed by atoms with van der Waals surface area (Å²) in [5.41, 5.74) is 1.98. The molecule has 0 amide bonds. The molecule has 1 aromatic heterocycles. The summed E-state index contributed by atoms with van der Waals surface area (Å²) in [5.74, 6) is 1.97. The van der Waals surface area contributed by atoms with Gasteiger partial charge in [0, 0.05) is 71.7 Å². The second-order valence-corrected chi connectivity index (χ2v) is 12.3. The minimum absolute atomic E-state index is 0.00407. The van der Waals surface area contributed by atoms with Gasteiger partial charge in [0.05, 0.1) is 23.6 Å². The molecule has 2 aromatic rings. The average molecular weight is 557 g/mol. The molecule has 7 nitrogen and oxygen atoms in total. The number of para-hydroxylation sites is 1. The van der Waals surface area contributed by atoms with Crippen LogP contribution in [-0.4, -0.2) is 79.6 Å². The smallest absolute Gasteiger partial charge is 0.278 e. The van der Waals surface area contributed by atoms with E-state index in [-0.39, 0.29) is 17.9 Å². The number of alkyl halides is 2. The van der Waals surface area contributed by atoms with Crippen molar-refractivity contribution in [3.8, 4) is 0 Å². The molecule has 0 radical (unpaired) electrons. The van der Waals surface area contributed by atoms with E-state index in [4.69, 9.17) is 0 Å². The predicted octanol–water partition coefficient (Wildman–Crippen LogP) is 4.18. The molecule has 1 aromatic carbocycles. The third-order valence-corrected chi connectivity index (χ3v) is 9.66. The van der Waals surface area contributed by atoms with Crippen molar-refractivity contribution in [3.63, 3.8) is 0 Å². The van der Waals surface area contributed by atoms with Crippen LogP contribution < -0.4 is 4.90 Å². The number of hydrogen-bond acceptors (Lipinski definition) is 7. The molecule has 0 aliphatic carbocycles. The van der Waals surface area contributed by atoms with Gasteiger partial charge in [-0.25, -0.2) is 13.2 Å². The van der Waals surface area contributed by atoms with Gasteiger partial charge in [-0.1, -0.05) is 18.7 Å². The molecule has 4 aliphatic rings. The van der Waals surface area contributed by atoms with Crippen LogP contribution in [0.5, 0.6) is 0 Å². The number of halogens is 3. The highest BCUT2D eigenvalue weighted by molar-refractivity contribution is 7.85. The summed E-state index contributed by atoms with van der Waals surface area (Å²) >= 11 is 0. The Balaban J connectivity index is 1.17. The fraction of sp³-hybridized carbons (Fsp3) is 0.464. The minimum Gasteiger partial charge on any atom is -0.353 e. The first-order valence-corrected chi connectivity index (χ1v) is 14.8. The third kappa shape index (κ3) is 5.26. The highest BCUT2D eigenvalue weighted by Crippen LogP contribution is 2.38. The molecular formula is C28H31F3N6OS. The lowest BCUT2D eigenvalue weighted by Gasteiger charge is -2.43. The molecule has 5 heterocycles. The summed E-state index contributed by atoms with van der Waals surface area (Å²) in [6, 6.07) is 11.5. The molecule has 6 rings (SSSR count). The number of anilines is 1. The van der Waals surface area contributed by atoms with Crippen LogP contribution in [0.15, 0.2) is 65.2 Å². The topological polar surface area (TPSA) is 64.4 Å². The lowest BCUT2D eigenvalue weighted by Crippen LogP contribution is -2.53. The molecule has 3 fully saturated rings. The number of piperazine rings is 1. The van der Waals surface area contributed by atoms with Gasteiger partial charge in [-0.3, -0.25) is 14.1 Å². The molecular weight excluding hydrogens is 525 g/mol. The van der Waals surface area contributed by atoms with E-state index in [1.165, 1.54) is 6.07 Å². The second-order valence-electron chi connectivity index (χ2n) is 10.6. The van der Waals surface area contributed by atoms with E-state index < -0.39 is 17.2 Å². The first kappa shape index (κ1) is 26.2. The zero-order valence-electron chi connectivity index (χ0n) is 21.6. The molecule has 2 unspecified atom stereocenters. The van der Waals surface area contributed by atoms with Crippen molar-refractivity contribution in [3.05, 3.63) is 72.1 Å². The van der Waals surface area contributed by atoms with E-state index in [1.54, 1.807) is 30.5 Å². The maximum Gasteiger partial charge on any atom is 0.278 e. The molecule has 0 spiro atoms. The molecule has 11 heteroatoms. The molecule has 2 atom stereocenters. The fourth-order valence-corrected chi connectivity index (χ4v) is 7.49. The highest BCUT2D eigenvalue weighted by Gasteiger charge is 2.47. The Labute approximate surface area is 228 Å². The van der Waals surface area contributed by atoms with Gasteiger partial charge in [0.15, 0.2) is 0 Å². The Hall–Kier alpha value is -3.05. The Morgan fingerprint density at radius 2 is 1.87 bits per heavy atom. The molecule has 0 N–H and O–H groups in total. The van der Waals surface area contributed by atoms with E-state index in [0.717, 1.165) is 49.7 Å². The zero-order valence-corrected chi connectivity index (χ0v) is 22.4. The van der Waals surface area contributed by atoms with Crippen molar-refractivity contribution >= 4 is 27.9 Å². The summed E-state index contributed by atoms with van der Waals surface area (Å²) in [5, 5.41) is 7.47. The summed E-state index contributed by atoms with van der Waals surface area (Å²) in [4.78, 5) is 11.3. The van der Waals surface area contributed by atoms with Crippen molar-refractivity contribution < 1.29 is 17.4 Å². The standard InChI is InChI=1S/C28H31F3N6OS/c1-18(35-16-23-12-22(35)17-37(23)21-8-10-39(38)11-9-21)36(27-5-3-2-4-24(27)29)15-20-7-6-19(14-32-20)25-13-26(28(30)31)34-33-25/h2-7,14,21-23,28H,1,8-13,15-17H2. The van der Waals surface area contributed by atoms with E-state index in [1.807, 2.05) is 11.0 Å². The lowest BCUT2D eigenvalue weighted by molar-refractivity contribution is 0.103. The van der Waals surface area contributed by atoms with Crippen molar-refractivity contribution in [2.24, 2.45) is 10.2 Å². The van der Waals surface area contributed by atoms with Gasteiger partial charge >= 0.3 is 0 Å². The quantitative estimate of drug-likeness (QED) is 0.488. The van der Waals surface area contributed by atoms with Gasteiger partial charge in [-0.15, -0.1) is 0 Å². The second kappa shape index (κ2) is 10.8. The summed E-state index contributed by atoms with van der Waals surface area (Å²) in [6.07, 6.45) is 2.00. The SMILES string of the molecule is C=C(N(Cc1ccc(C2=NN=C(C(F)F)C2)cn1)c1ccccc1F)N1CC2CC1CN2C1CCS(=O)CC1. The maximum absolute atomic E-state index is 15.0. The summed E-state index contributed by atoms with van der Waals surface area (Å²) in [7, 11) is -0.674. The average Bonchev–Trinajstić information content (AvgIpc) is 3.69. The Bertz CT molecular complexity index is 1320. The number of benzene rings is 1. The Kier molecular flexibility index (Phi) is 7.28. The molecule has 206 valence electrons. The first-order chi connectivity index (χ1) is 18.9. The highest BCUT2D eigenvalue weighted by atomic mass is 32.2. The zero-order chi connectivity index (χ0) is 27.1. The van der Waals surface area contributed by atoms with Crippen molar-refractivity contribution in [1.29, 1.82) is 0 Å². The predicted molar refractivity (Wildman–Crippen MR) is 147 cm³/mol. The maximum atomic E-state index is 15.0. The number of hydrogen-bond donors (Lipinski definition) is 0. The van der Waals surface area contributed by atoms with Crippen molar-refractivity contribution in [2.45, 2.75) is 56.8 Å². The van der Waals surface area contributed by atoms with Crippen LogP contribution in [0.2, 0.25) is 0 Å². The Morgan fingerprint density at radius 1 is 1.08 bits per heavy atom. The van der Waals surface area contributed by atoms with Gasteiger partial charge < -0.3 is 9.80 Å². The van der Waals surface area contributed by atoms with Crippen LogP contribution in [0.1, 0.15) is 36.9 Å². The third-order valence-electron chi connectivity index (χ3n) is 8.27. The van der Waals surface area contributed by atoms with E-state index in [0.29, 0.717) is 47.3 Å². The molecule has 39 heavy (non-hydrogen) atoms. The summed E-state index contributed by atoms with van der Waals surface area (Å²) < 4.78 is 52.7. The molecule has 2 bridgehead atoms. The van der Waals surface area contributed by atoms with Crippen LogP contribution in [0.4, 0.5) is 18.9 Å². The lowest BCUT2D eigenvalue weighted by atomic mass is 10.1. The summed E-state index contributed by atoms with van der Waals surface area (Å²) in [6.45, 7) is 6.48. The number of rotatable bonds is 8. The van der Waals surface area contributed by atoms with Crippen LogP contribution in [-0.2, 0) is 17.3 Å². The van der Waals surface area contributed by atoms with Crippen LogP contribution in [0.3, 0.4) is 0 Å².